The molecule has 152 valence electrons. The van der Waals surface area contributed by atoms with E-state index < -0.39 is 0 Å². The summed E-state index contributed by atoms with van der Waals surface area (Å²) in [5.41, 5.74) is 1.83. The molecule has 1 aromatic heterocycles. The van der Waals surface area contributed by atoms with E-state index in [1.807, 2.05) is 49.1 Å². The zero-order chi connectivity index (χ0) is 20.2. The number of fused-ring (bicyclic) bond motifs is 1. The normalized spacial score (nSPS) is 15.8. The first-order valence-corrected chi connectivity index (χ1v) is 9.83. The van der Waals surface area contributed by atoms with Gasteiger partial charge in [0.2, 0.25) is 18.6 Å². The molecular formula is C21H25N5O3. The van der Waals surface area contributed by atoms with Crippen molar-refractivity contribution in [3.05, 3.63) is 41.6 Å². The molecule has 2 aromatic rings. The third-order valence-corrected chi connectivity index (χ3v) is 4.89. The largest absolute Gasteiger partial charge is 0.454 e. The molecule has 4 rings (SSSR count). The number of hydrogen-bond acceptors (Lipinski definition) is 7. The van der Waals surface area contributed by atoms with E-state index in [2.05, 4.69) is 20.2 Å². The second kappa shape index (κ2) is 8.38. The number of aromatic nitrogens is 2. The van der Waals surface area contributed by atoms with Crippen LogP contribution in [-0.2, 0) is 4.79 Å². The number of aryl methyl sites for hydroxylation is 1. The van der Waals surface area contributed by atoms with Gasteiger partial charge in [0.15, 0.2) is 11.5 Å². The lowest BCUT2D eigenvalue weighted by molar-refractivity contribution is -0.126. The summed E-state index contributed by atoms with van der Waals surface area (Å²) < 4.78 is 10.7. The number of nitrogens with one attached hydrogen (secondary N) is 1. The van der Waals surface area contributed by atoms with Crippen LogP contribution in [0.5, 0.6) is 11.5 Å². The highest BCUT2D eigenvalue weighted by atomic mass is 16.7. The van der Waals surface area contributed by atoms with Crippen LogP contribution in [0.1, 0.15) is 18.2 Å². The summed E-state index contributed by atoms with van der Waals surface area (Å²) >= 11 is 0. The van der Waals surface area contributed by atoms with Gasteiger partial charge in [-0.2, -0.15) is 4.98 Å². The second-order valence-corrected chi connectivity index (χ2v) is 6.98. The van der Waals surface area contributed by atoms with Crippen molar-refractivity contribution in [1.82, 2.24) is 14.9 Å². The molecule has 3 heterocycles. The standard InChI is InChI=1S/C21H25N5O3/c1-3-22-19-12-15(2)23-21(24-19)26-10-8-25(9-11-26)20(27)7-5-16-4-6-17-18(13-16)29-14-28-17/h4-7,12-13H,3,8-11,14H2,1-2H3,(H,22,23,24)/b7-5+. The van der Waals surface area contributed by atoms with Gasteiger partial charge in [0.25, 0.3) is 0 Å². The number of nitrogens with zero attached hydrogens (tertiary/aromatic N) is 4. The van der Waals surface area contributed by atoms with Crippen LogP contribution >= 0.6 is 0 Å². The van der Waals surface area contributed by atoms with Crippen molar-refractivity contribution in [1.29, 1.82) is 0 Å². The van der Waals surface area contributed by atoms with Crippen LogP contribution in [0.15, 0.2) is 30.3 Å². The van der Waals surface area contributed by atoms with E-state index in [4.69, 9.17) is 9.47 Å². The Morgan fingerprint density at radius 1 is 1.14 bits per heavy atom. The molecule has 8 heteroatoms. The Morgan fingerprint density at radius 2 is 1.93 bits per heavy atom. The first kappa shape index (κ1) is 19.0. The fourth-order valence-electron chi connectivity index (χ4n) is 3.38. The highest BCUT2D eigenvalue weighted by Crippen LogP contribution is 2.32. The molecule has 0 radical (unpaired) electrons. The summed E-state index contributed by atoms with van der Waals surface area (Å²) in [7, 11) is 0. The fourth-order valence-corrected chi connectivity index (χ4v) is 3.38. The van der Waals surface area contributed by atoms with Gasteiger partial charge in [0.1, 0.15) is 5.82 Å². The molecule has 8 nitrogen and oxygen atoms in total. The van der Waals surface area contributed by atoms with Gasteiger partial charge < -0.3 is 24.6 Å². The maximum absolute atomic E-state index is 12.6. The Labute approximate surface area is 170 Å². The van der Waals surface area contributed by atoms with E-state index in [-0.39, 0.29) is 12.7 Å². The second-order valence-electron chi connectivity index (χ2n) is 6.98. The van der Waals surface area contributed by atoms with Crippen molar-refractivity contribution in [3.8, 4) is 11.5 Å². The van der Waals surface area contributed by atoms with Crippen molar-refractivity contribution in [2.24, 2.45) is 0 Å². The van der Waals surface area contributed by atoms with Crippen LogP contribution in [0.4, 0.5) is 11.8 Å². The highest BCUT2D eigenvalue weighted by Gasteiger charge is 2.22. The van der Waals surface area contributed by atoms with Gasteiger partial charge in [-0.3, -0.25) is 4.79 Å². The van der Waals surface area contributed by atoms with Crippen molar-refractivity contribution in [2.75, 3.05) is 49.7 Å². The number of rotatable bonds is 5. The summed E-state index contributed by atoms with van der Waals surface area (Å²) in [6, 6.07) is 7.58. The minimum Gasteiger partial charge on any atom is -0.454 e. The molecule has 29 heavy (non-hydrogen) atoms. The lowest BCUT2D eigenvalue weighted by Crippen LogP contribution is -2.48. The SMILES string of the molecule is CCNc1cc(C)nc(N2CCN(C(=O)/C=C/c3ccc4c(c3)OCO4)CC2)n1. The van der Waals surface area contributed by atoms with Crippen molar-refractivity contribution in [2.45, 2.75) is 13.8 Å². The molecule has 0 saturated carbocycles. The predicted molar refractivity (Wildman–Crippen MR) is 111 cm³/mol. The lowest BCUT2D eigenvalue weighted by atomic mass is 10.2. The van der Waals surface area contributed by atoms with E-state index in [1.54, 1.807) is 6.08 Å². The fraction of sp³-hybridized carbons (Fsp3) is 0.381. The molecule has 2 aliphatic heterocycles. The molecule has 2 aliphatic rings. The molecular weight excluding hydrogens is 370 g/mol. The predicted octanol–water partition coefficient (Wildman–Crippen LogP) is 2.31. The third kappa shape index (κ3) is 4.42. The monoisotopic (exact) mass is 395 g/mol. The number of benzene rings is 1. The summed E-state index contributed by atoms with van der Waals surface area (Å²) in [5, 5.41) is 3.23. The van der Waals surface area contributed by atoms with Crippen LogP contribution in [-0.4, -0.2) is 60.3 Å². The zero-order valence-corrected chi connectivity index (χ0v) is 16.7. The minimum absolute atomic E-state index is 0.000756. The summed E-state index contributed by atoms with van der Waals surface area (Å²) in [6.07, 6.45) is 3.42. The molecule has 1 aromatic carbocycles. The van der Waals surface area contributed by atoms with Gasteiger partial charge in [-0.25, -0.2) is 4.98 Å². The molecule has 0 spiro atoms. The summed E-state index contributed by atoms with van der Waals surface area (Å²) in [4.78, 5) is 25.7. The topological polar surface area (TPSA) is 79.8 Å². The van der Waals surface area contributed by atoms with Gasteiger partial charge in [0, 0.05) is 50.6 Å². The molecule has 1 saturated heterocycles. The number of piperazine rings is 1. The maximum Gasteiger partial charge on any atom is 0.246 e. The van der Waals surface area contributed by atoms with Gasteiger partial charge in [-0.1, -0.05) is 6.07 Å². The number of carbonyl (C=O) groups excluding carboxylic acids is 1. The van der Waals surface area contributed by atoms with Crippen molar-refractivity contribution < 1.29 is 14.3 Å². The Balaban J connectivity index is 1.35. The van der Waals surface area contributed by atoms with Gasteiger partial charge in [-0.15, -0.1) is 0 Å². The van der Waals surface area contributed by atoms with E-state index in [0.717, 1.165) is 29.4 Å². The van der Waals surface area contributed by atoms with Crippen LogP contribution in [0.25, 0.3) is 6.08 Å². The lowest BCUT2D eigenvalue weighted by Gasteiger charge is -2.34. The minimum atomic E-state index is 0.000756. The van der Waals surface area contributed by atoms with E-state index in [9.17, 15) is 4.79 Å². The number of anilines is 2. The molecule has 0 atom stereocenters. The van der Waals surface area contributed by atoms with Crippen LogP contribution in [0.2, 0.25) is 0 Å². The highest BCUT2D eigenvalue weighted by molar-refractivity contribution is 5.92. The van der Waals surface area contributed by atoms with Gasteiger partial charge in [-0.05, 0) is 37.6 Å². The molecule has 0 unspecified atom stereocenters. The number of amides is 1. The molecule has 1 N–H and O–H groups in total. The van der Waals surface area contributed by atoms with Gasteiger partial charge >= 0.3 is 0 Å². The van der Waals surface area contributed by atoms with E-state index >= 15 is 0 Å². The number of carbonyl (C=O) groups is 1. The Kier molecular flexibility index (Phi) is 5.50. The van der Waals surface area contributed by atoms with Gasteiger partial charge in [0.05, 0.1) is 0 Å². The van der Waals surface area contributed by atoms with E-state index in [1.165, 1.54) is 0 Å². The summed E-state index contributed by atoms with van der Waals surface area (Å²) in [5.74, 6) is 2.99. The Hall–Kier alpha value is -3.29. The molecule has 0 aliphatic carbocycles. The van der Waals surface area contributed by atoms with Crippen LogP contribution in [0, 0.1) is 6.92 Å². The zero-order valence-electron chi connectivity index (χ0n) is 16.7. The number of hydrogen-bond donors (Lipinski definition) is 1. The average Bonchev–Trinajstić information content (AvgIpc) is 3.20. The third-order valence-electron chi connectivity index (χ3n) is 4.89. The Bertz CT molecular complexity index is 923. The van der Waals surface area contributed by atoms with Crippen molar-refractivity contribution >= 4 is 23.7 Å². The molecule has 1 fully saturated rings. The van der Waals surface area contributed by atoms with Crippen molar-refractivity contribution in [3.63, 3.8) is 0 Å². The molecule has 0 bridgehead atoms. The first-order chi connectivity index (χ1) is 14.1. The smallest absolute Gasteiger partial charge is 0.246 e. The average molecular weight is 395 g/mol. The Morgan fingerprint density at radius 3 is 2.72 bits per heavy atom. The number of ether oxygens (including phenoxy) is 2. The first-order valence-electron chi connectivity index (χ1n) is 9.83. The summed E-state index contributed by atoms with van der Waals surface area (Å²) in [6.45, 7) is 7.75. The molecule has 1 amide bonds. The maximum atomic E-state index is 12.6. The van der Waals surface area contributed by atoms with Crippen LogP contribution < -0.4 is 19.7 Å². The quantitative estimate of drug-likeness (QED) is 0.778. The van der Waals surface area contributed by atoms with E-state index in [0.29, 0.717) is 37.9 Å². The van der Waals surface area contributed by atoms with Crippen LogP contribution in [0.3, 0.4) is 0 Å².